The SMILES string of the molecule is C/C=C(/N(C)/C=C(\C)N1CCC(F)(F)CC1)N(C)c1nc(-c2ccc(F)cc2)cs1. The molecule has 0 atom stereocenters. The van der Waals surface area contributed by atoms with Gasteiger partial charge in [0.15, 0.2) is 5.13 Å². The zero-order chi connectivity index (χ0) is 21.9. The summed E-state index contributed by atoms with van der Waals surface area (Å²) >= 11 is 1.50. The predicted molar refractivity (Wildman–Crippen MR) is 117 cm³/mol. The van der Waals surface area contributed by atoms with Gasteiger partial charge in [0, 0.05) is 62.9 Å². The maximum Gasteiger partial charge on any atom is 0.251 e. The third-order valence-electron chi connectivity index (χ3n) is 5.26. The molecule has 0 N–H and O–H groups in total. The van der Waals surface area contributed by atoms with E-state index in [1.54, 1.807) is 12.1 Å². The first kappa shape index (κ1) is 22.2. The molecular weight excluding hydrogens is 409 g/mol. The molecule has 0 saturated carbocycles. The van der Waals surface area contributed by atoms with E-state index in [0.717, 1.165) is 27.9 Å². The predicted octanol–water partition coefficient (Wildman–Crippen LogP) is 5.77. The Bertz CT molecular complexity index is 911. The van der Waals surface area contributed by atoms with Crippen LogP contribution in [-0.4, -0.2) is 47.9 Å². The second kappa shape index (κ2) is 9.12. The second-order valence-electron chi connectivity index (χ2n) is 7.45. The molecule has 30 heavy (non-hydrogen) atoms. The number of nitrogens with zero attached hydrogens (tertiary/aromatic N) is 4. The number of thiazole rings is 1. The lowest BCUT2D eigenvalue weighted by Gasteiger charge is -2.35. The Hall–Kier alpha value is -2.48. The highest BCUT2D eigenvalue weighted by molar-refractivity contribution is 7.14. The Morgan fingerprint density at radius 3 is 2.40 bits per heavy atom. The summed E-state index contributed by atoms with van der Waals surface area (Å²) in [7, 11) is 3.87. The number of alkyl halides is 2. The van der Waals surface area contributed by atoms with Crippen LogP contribution in [0.25, 0.3) is 11.3 Å². The van der Waals surface area contributed by atoms with E-state index in [0.29, 0.717) is 13.1 Å². The third-order valence-corrected chi connectivity index (χ3v) is 6.17. The number of aromatic nitrogens is 1. The highest BCUT2D eigenvalue weighted by Gasteiger charge is 2.34. The number of benzene rings is 1. The third kappa shape index (κ3) is 5.16. The first-order chi connectivity index (χ1) is 14.2. The van der Waals surface area contributed by atoms with Gasteiger partial charge >= 0.3 is 0 Å². The molecule has 1 saturated heterocycles. The van der Waals surface area contributed by atoms with Gasteiger partial charge in [-0.2, -0.15) is 0 Å². The van der Waals surface area contributed by atoms with Crippen molar-refractivity contribution in [1.29, 1.82) is 0 Å². The van der Waals surface area contributed by atoms with E-state index in [4.69, 9.17) is 0 Å². The van der Waals surface area contributed by atoms with E-state index in [1.807, 2.05) is 60.3 Å². The number of anilines is 1. The zero-order valence-electron chi connectivity index (χ0n) is 17.7. The molecule has 0 bridgehead atoms. The van der Waals surface area contributed by atoms with E-state index in [-0.39, 0.29) is 18.7 Å². The van der Waals surface area contributed by atoms with E-state index >= 15 is 0 Å². The van der Waals surface area contributed by atoms with Crippen molar-refractivity contribution in [3.8, 4) is 11.3 Å². The summed E-state index contributed by atoms with van der Waals surface area (Å²) in [5.41, 5.74) is 2.60. The molecule has 0 aliphatic carbocycles. The molecule has 162 valence electrons. The van der Waals surface area contributed by atoms with Crippen molar-refractivity contribution in [2.45, 2.75) is 32.6 Å². The van der Waals surface area contributed by atoms with Crippen LogP contribution in [0.3, 0.4) is 0 Å². The fourth-order valence-electron chi connectivity index (χ4n) is 3.52. The van der Waals surface area contributed by atoms with Crippen LogP contribution in [0.4, 0.5) is 18.3 Å². The number of rotatable bonds is 6. The largest absolute Gasteiger partial charge is 0.373 e. The number of likely N-dealkylation sites (tertiary alicyclic amines) is 1. The van der Waals surface area contributed by atoms with Gasteiger partial charge in [-0.15, -0.1) is 11.3 Å². The van der Waals surface area contributed by atoms with Crippen LogP contribution in [0.5, 0.6) is 0 Å². The average molecular weight is 437 g/mol. The fourth-order valence-corrected chi connectivity index (χ4v) is 4.33. The van der Waals surface area contributed by atoms with Crippen molar-refractivity contribution in [3.05, 3.63) is 59.3 Å². The molecule has 0 unspecified atom stereocenters. The Labute approximate surface area is 179 Å². The van der Waals surface area contributed by atoms with Gasteiger partial charge < -0.3 is 14.7 Å². The summed E-state index contributed by atoms with van der Waals surface area (Å²) in [6.45, 7) is 4.61. The number of halogens is 3. The minimum absolute atomic E-state index is 0.108. The molecule has 2 heterocycles. The first-order valence-corrected chi connectivity index (χ1v) is 10.7. The molecular formula is C22H27F3N4S. The summed E-state index contributed by atoms with van der Waals surface area (Å²) in [5, 5.41) is 2.75. The molecule has 1 aromatic carbocycles. The van der Waals surface area contributed by atoms with E-state index in [2.05, 4.69) is 4.98 Å². The van der Waals surface area contributed by atoms with Crippen molar-refractivity contribution >= 4 is 16.5 Å². The quantitative estimate of drug-likeness (QED) is 0.573. The van der Waals surface area contributed by atoms with Gasteiger partial charge in [-0.1, -0.05) is 0 Å². The molecule has 1 aliphatic heterocycles. The van der Waals surface area contributed by atoms with Gasteiger partial charge in [0.1, 0.15) is 11.6 Å². The van der Waals surface area contributed by atoms with Crippen LogP contribution >= 0.6 is 11.3 Å². The molecule has 0 amide bonds. The van der Waals surface area contributed by atoms with E-state index < -0.39 is 5.92 Å². The molecule has 3 rings (SSSR count). The van der Waals surface area contributed by atoms with Gasteiger partial charge in [-0.05, 0) is 44.2 Å². The highest BCUT2D eigenvalue weighted by Crippen LogP contribution is 2.31. The summed E-state index contributed by atoms with van der Waals surface area (Å²) in [6, 6.07) is 6.27. The first-order valence-electron chi connectivity index (χ1n) is 9.86. The van der Waals surface area contributed by atoms with Crippen molar-refractivity contribution in [1.82, 2.24) is 14.8 Å². The molecule has 8 heteroatoms. The second-order valence-corrected chi connectivity index (χ2v) is 8.29. The highest BCUT2D eigenvalue weighted by atomic mass is 32.1. The molecule has 2 aromatic rings. The standard InChI is InChI=1S/C22H27F3N4S/c1-5-20(27(3)14-16(2)29-12-10-22(24,25)11-13-29)28(4)21-26-19(15-30-21)17-6-8-18(23)9-7-17/h5-9,14-15H,10-13H2,1-4H3/b16-14+,20-5-. The van der Waals surface area contributed by atoms with Crippen LogP contribution in [0.2, 0.25) is 0 Å². The maximum atomic E-state index is 13.4. The normalized spacial score (nSPS) is 17.2. The van der Waals surface area contributed by atoms with Crippen LogP contribution in [0.15, 0.2) is 53.4 Å². The average Bonchev–Trinajstić information content (AvgIpc) is 3.19. The topological polar surface area (TPSA) is 22.6 Å². The van der Waals surface area contributed by atoms with Gasteiger partial charge in [0.25, 0.3) is 5.92 Å². The van der Waals surface area contributed by atoms with Gasteiger partial charge in [-0.25, -0.2) is 18.2 Å². The van der Waals surface area contributed by atoms with Crippen LogP contribution in [0.1, 0.15) is 26.7 Å². The van der Waals surface area contributed by atoms with Gasteiger partial charge in [0.2, 0.25) is 0 Å². The van der Waals surface area contributed by atoms with E-state index in [9.17, 15) is 13.2 Å². The lowest BCUT2D eigenvalue weighted by Crippen LogP contribution is -2.38. The van der Waals surface area contributed by atoms with Crippen molar-refractivity contribution in [2.24, 2.45) is 0 Å². The lowest BCUT2D eigenvalue weighted by atomic mass is 10.1. The molecule has 1 aliphatic rings. The van der Waals surface area contributed by atoms with Crippen LogP contribution in [-0.2, 0) is 0 Å². The number of allylic oxidation sites excluding steroid dienone is 2. The Morgan fingerprint density at radius 1 is 1.17 bits per heavy atom. The van der Waals surface area contributed by atoms with Crippen LogP contribution in [0, 0.1) is 5.82 Å². The van der Waals surface area contributed by atoms with Gasteiger partial charge in [-0.3, -0.25) is 0 Å². The minimum atomic E-state index is -2.55. The summed E-state index contributed by atoms with van der Waals surface area (Å²) in [4.78, 5) is 10.6. The van der Waals surface area contributed by atoms with Crippen molar-refractivity contribution < 1.29 is 13.2 Å². The van der Waals surface area contributed by atoms with Crippen molar-refractivity contribution in [3.63, 3.8) is 0 Å². The molecule has 4 nitrogen and oxygen atoms in total. The summed E-state index contributed by atoms with van der Waals surface area (Å²) < 4.78 is 40.0. The van der Waals surface area contributed by atoms with Gasteiger partial charge in [0.05, 0.1) is 5.69 Å². The van der Waals surface area contributed by atoms with Crippen molar-refractivity contribution in [2.75, 3.05) is 32.1 Å². The molecule has 0 radical (unpaired) electrons. The lowest BCUT2D eigenvalue weighted by molar-refractivity contribution is -0.0491. The number of hydrogen-bond donors (Lipinski definition) is 0. The smallest absolute Gasteiger partial charge is 0.251 e. The summed E-state index contributed by atoms with van der Waals surface area (Å²) in [6.07, 6.45) is 3.73. The van der Waals surface area contributed by atoms with Crippen LogP contribution < -0.4 is 4.90 Å². The monoisotopic (exact) mass is 436 g/mol. The zero-order valence-corrected chi connectivity index (χ0v) is 18.5. The number of hydrogen-bond acceptors (Lipinski definition) is 5. The Kier molecular flexibility index (Phi) is 6.75. The fraction of sp³-hybridized carbons (Fsp3) is 0.409. The Balaban J connectivity index is 1.71. The minimum Gasteiger partial charge on any atom is -0.373 e. The molecule has 0 spiro atoms. The summed E-state index contributed by atoms with van der Waals surface area (Å²) in [5.74, 6) is -1.91. The maximum absolute atomic E-state index is 13.4. The molecule has 1 fully saturated rings. The number of piperidine rings is 1. The van der Waals surface area contributed by atoms with E-state index in [1.165, 1.54) is 23.5 Å². The Morgan fingerprint density at radius 2 is 1.80 bits per heavy atom. The molecule has 1 aromatic heterocycles.